The number of hydrazine groups is 1. The molecule has 0 spiro atoms. The van der Waals surface area contributed by atoms with Crippen LogP contribution in [0, 0.1) is 5.92 Å². The van der Waals surface area contributed by atoms with Crippen molar-refractivity contribution in [3.8, 4) is 0 Å². The molecule has 2 atom stereocenters. The summed E-state index contributed by atoms with van der Waals surface area (Å²) in [5, 5.41) is 17.2. The number of nitrogens with one attached hydrogen (secondary N) is 1. The maximum absolute atomic E-state index is 10.5. The number of carboxylic acid groups (broad SMARTS) is 1. The topological polar surface area (TPSA) is 113 Å². The third-order valence-corrected chi connectivity index (χ3v) is 1.27. The number of rotatable bonds is 3. The van der Waals surface area contributed by atoms with Crippen molar-refractivity contribution in [2.24, 2.45) is 11.8 Å². The molecule has 0 radical (unpaired) electrons. The number of hydrogen-bond acceptors (Lipinski definition) is 4. The van der Waals surface area contributed by atoms with Crippen LogP contribution in [0.3, 0.4) is 0 Å². The van der Waals surface area contributed by atoms with Gasteiger partial charge in [-0.2, -0.15) is 0 Å². The second kappa shape index (κ2) is 3.89. The van der Waals surface area contributed by atoms with E-state index in [0.717, 1.165) is 0 Å². The van der Waals surface area contributed by atoms with Gasteiger partial charge in [-0.05, 0) is 6.92 Å². The van der Waals surface area contributed by atoms with Crippen molar-refractivity contribution in [1.82, 2.24) is 5.43 Å². The first kappa shape index (κ1) is 9.86. The number of nitrogens with two attached hydrogens (primary N) is 1. The van der Waals surface area contributed by atoms with Gasteiger partial charge in [-0.15, -0.1) is 0 Å². The van der Waals surface area contributed by atoms with Crippen molar-refractivity contribution >= 4 is 11.9 Å². The Kier molecular flexibility index (Phi) is 3.49. The van der Waals surface area contributed by atoms with Crippen LogP contribution in [0.5, 0.6) is 0 Å². The summed E-state index contributed by atoms with van der Waals surface area (Å²) >= 11 is 0. The third kappa shape index (κ3) is 2.52. The van der Waals surface area contributed by atoms with Crippen LogP contribution in [0.4, 0.5) is 0 Å². The minimum Gasteiger partial charge on any atom is -0.481 e. The molecule has 0 bridgehead atoms. The Morgan fingerprint density at radius 2 is 2.00 bits per heavy atom. The third-order valence-electron chi connectivity index (χ3n) is 1.27. The fourth-order valence-corrected chi connectivity index (χ4v) is 0.447. The van der Waals surface area contributed by atoms with Gasteiger partial charge in [0.2, 0.25) is 0 Å². The predicted molar refractivity (Wildman–Crippen MR) is 35.1 cm³/mol. The highest BCUT2D eigenvalue weighted by Gasteiger charge is 2.26. The van der Waals surface area contributed by atoms with Crippen molar-refractivity contribution < 1.29 is 19.8 Å². The van der Waals surface area contributed by atoms with Gasteiger partial charge in [0.25, 0.3) is 5.91 Å². The summed E-state index contributed by atoms with van der Waals surface area (Å²) in [6, 6.07) is 0. The summed E-state index contributed by atoms with van der Waals surface area (Å²) in [5.41, 5.74) is 1.65. The molecule has 0 aromatic rings. The van der Waals surface area contributed by atoms with Gasteiger partial charge in [-0.3, -0.25) is 15.0 Å². The van der Waals surface area contributed by atoms with Crippen molar-refractivity contribution in [2.45, 2.75) is 13.0 Å². The number of hydrogen-bond donors (Lipinski definition) is 4. The smallest absolute Gasteiger partial charge is 0.309 e. The van der Waals surface area contributed by atoms with E-state index < -0.39 is 23.9 Å². The van der Waals surface area contributed by atoms with E-state index in [1.165, 1.54) is 6.92 Å². The van der Waals surface area contributed by atoms with Crippen molar-refractivity contribution in [3.63, 3.8) is 0 Å². The van der Waals surface area contributed by atoms with Gasteiger partial charge in [-0.25, -0.2) is 5.84 Å². The van der Waals surface area contributed by atoms with Gasteiger partial charge in [-0.1, -0.05) is 0 Å². The predicted octanol–water partition coefficient (Wildman–Crippen LogP) is -1.94. The van der Waals surface area contributed by atoms with Crippen LogP contribution < -0.4 is 11.3 Å². The van der Waals surface area contributed by atoms with Crippen molar-refractivity contribution in [1.29, 1.82) is 0 Å². The zero-order valence-corrected chi connectivity index (χ0v) is 5.94. The lowest BCUT2D eigenvalue weighted by molar-refractivity contribution is -0.150. The lowest BCUT2D eigenvalue weighted by Crippen LogP contribution is -2.44. The van der Waals surface area contributed by atoms with Crippen LogP contribution in [0.1, 0.15) is 6.92 Å². The largest absolute Gasteiger partial charge is 0.481 e. The molecule has 11 heavy (non-hydrogen) atoms. The van der Waals surface area contributed by atoms with E-state index in [1.807, 2.05) is 0 Å². The maximum atomic E-state index is 10.5. The molecule has 0 unspecified atom stereocenters. The molecule has 6 heteroatoms. The van der Waals surface area contributed by atoms with E-state index >= 15 is 0 Å². The zero-order chi connectivity index (χ0) is 9.02. The van der Waals surface area contributed by atoms with E-state index in [0.29, 0.717) is 0 Å². The highest BCUT2D eigenvalue weighted by molar-refractivity contribution is 5.85. The van der Waals surface area contributed by atoms with Gasteiger partial charge in [0.05, 0.1) is 5.92 Å². The lowest BCUT2D eigenvalue weighted by atomic mass is 10.1. The highest BCUT2D eigenvalue weighted by Crippen LogP contribution is 2.01. The SMILES string of the molecule is C[C@H](C(=O)O)[C@H](O)C(=O)NN. The fraction of sp³-hybridized carbons (Fsp3) is 0.600. The van der Waals surface area contributed by atoms with E-state index in [1.54, 1.807) is 5.43 Å². The number of carbonyl (C=O) groups excluding carboxylic acids is 1. The van der Waals surface area contributed by atoms with Crippen LogP contribution in [0.15, 0.2) is 0 Å². The second-order valence-electron chi connectivity index (χ2n) is 2.08. The average Bonchev–Trinajstić information content (AvgIpc) is 2.00. The van der Waals surface area contributed by atoms with Crippen LogP contribution in [-0.2, 0) is 9.59 Å². The Balaban J connectivity index is 4.12. The maximum Gasteiger partial charge on any atom is 0.309 e. The number of amides is 1. The van der Waals surface area contributed by atoms with E-state index in [4.69, 9.17) is 10.2 Å². The number of aliphatic hydroxyl groups is 1. The zero-order valence-electron chi connectivity index (χ0n) is 5.94. The Hall–Kier alpha value is -1.14. The van der Waals surface area contributed by atoms with Crippen LogP contribution in [-0.4, -0.2) is 28.2 Å². The Morgan fingerprint density at radius 1 is 1.55 bits per heavy atom. The van der Waals surface area contributed by atoms with Gasteiger partial charge < -0.3 is 10.2 Å². The molecule has 0 fully saturated rings. The quantitative estimate of drug-likeness (QED) is 0.219. The Bertz CT molecular complexity index is 170. The van der Waals surface area contributed by atoms with Crippen molar-refractivity contribution in [3.05, 3.63) is 0 Å². The van der Waals surface area contributed by atoms with Crippen LogP contribution >= 0.6 is 0 Å². The van der Waals surface area contributed by atoms with E-state index in [9.17, 15) is 9.59 Å². The molecular formula is C5H10N2O4. The normalized spacial score (nSPS) is 15.2. The molecule has 0 aromatic heterocycles. The minimum atomic E-state index is -1.60. The van der Waals surface area contributed by atoms with Crippen LogP contribution in [0.25, 0.3) is 0 Å². The Morgan fingerprint density at radius 3 is 2.27 bits per heavy atom. The summed E-state index contributed by atoms with van der Waals surface area (Å²) in [7, 11) is 0. The number of carbonyl (C=O) groups is 2. The monoisotopic (exact) mass is 162 g/mol. The fourth-order valence-electron chi connectivity index (χ4n) is 0.447. The molecule has 0 aliphatic heterocycles. The van der Waals surface area contributed by atoms with E-state index in [-0.39, 0.29) is 0 Å². The number of aliphatic hydroxyl groups excluding tert-OH is 1. The summed E-state index contributed by atoms with van der Waals surface area (Å²) in [6.07, 6.45) is -1.60. The van der Waals surface area contributed by atoms with Gasteiger partial charge in [0.1, 0.15) is 6.10 Å². The standard InChI is InChI=1S/C5H10N2O4/c1-2(5(10)11)3(8)4(9)7-6/h2-3,8H,6H2,1H3,(H,7,9)(H,10,11)/t2-,3-/m0/s1. The van der Waals surface area contributed by atoms with Gasteiger partial charge >= 0.3 is 5.97 Å². The van der Waals surface area contributed by atoms with Gasteiger partial charge in [0.15, 0.2) is 0 Å². The molecule has 0 saturated heterocycles. The first-order chi connectivity index (χ1) is 5.00. The lowest BCUT2D eigenvalue weighted by Gasteiger charge is -2.11. The molecule has 0 saturated carbocycles. The molecule has 0 aliphatic carbocycles. The molecule has 0 heterocycles. The van der Waals surface area contributed by atoms with E-state index in [2.05, 4.69) is 5.84 Å². The number of carboxylic acids is 1. The van der Waals surface area contributed by atoms with Crippen LogP contribution in [0.2, 0.25) is 0 Å². The molecule has 0 rings (SSSR count). The molecule has 64 valence electrons. The first-order valence-electron chi connectivity index (χ1n) is 2.92. The number of aliphatic carboxylic acids is 1. The summed E-state index contributed by atoms with van der Waals surface area (Å²) < 4.78 is 0. The molecule has 6 nitrogen and oxygen atoms in total. The summed E-state index contributed by atoms with van der Waals surface area (Å²) in [4.78, 5) is 20.7. The molecule has 1 amide bonds. The molecule has 5 N–H and O–H groups in total. The average molecular weight is 162 g/mol. The first-order valence-corrected chi connectivity index (χ1v) is 2.92. The second-order valence-corrected chi connectivity index (χ2v) is 2.08. The molecule has 0 aliphatic rings. The highest BCUT2D eigenvalue weighted by atomic mass is 16.4. The summed E-state index contributed by atoms with van der Waals surface area (Å²) in [5.74, 6) is 1.35. The van der Waals surface area contributed by atoms with Crippen molar-refractivity contribution in [2.75, 3.05) is 0 Å². The molecular weight excluding hydrogens is 152 g/mol. The molecule has 0 aromatic carbocycles. The Labute approximate surface area is 63.0 Å². The summed E-state index contributed by atoms with van der Waals surface area (Å²) in [6.45, 7) is 1.21. The minimum absolute atomic E-state index is 0.903. The van der Waals surface area contributed by atoms with Gasteiger partial charge in [0, 0.05) is 0 Å².